The van der Waals surface area contributed by atoms with E-state index in [4.69, 9.17) is 21.1 Å². The van der Waals surface area contributed by atoms with Crippen molar-refractivity contribution >= 4 is 11.6 Å². The highest BCUT2D eigenvalue weighted by Crippen LogP contribution is 2.30. The van der Waals surface area contributed by atoms with Gasteiger partial charge in [0.05, 0.1) is 19.4 Å². The van der Waals surface area contributed by atoms with E-state index in [0.717, 1.165) is 22.6 Å². The highest BCUT2D eigenvalue weighted by atomic mass is 35.5. The average Bonchev–Trinajstić information content (AvgIpc) is 2.64. The summed E-state index contributed by atoms with van der Waals surface area (Å²) in [5.41, 5.74) is 2.61. The third-order valence-electron chi connectivity index (χ3n) is 3.67. The molecule has 0 amide bonds. The Labute approximate surface area is 150 Å². The quantitative estimate of drug-likeness (QED) is 0.719. The van der Waals surface area contributed by atoms with Crippen LogP contribution in [0.2, 0.25) is 5.02 Å². The van der Waals surface area contributed by atoms with E-state index in [9.17, 15) is 5.11 Å². The summed E-state index contributed by atoms with van der Waals surface area (Å²) in [4.78, 5) is 0. The summed E-state index contributed by atoms with van der Waals surface area (Å²) in [7, 11) is 1.50. The van der Waals surface area contributed by atoms with Gasteiger partial charge >= 0.3 is 0 Å². The van der Waals surface area contributed by atoms with Crippen molar-refractivity contribution < 1.29 is 14.6 Å². The lowest BCUT2D eigenvalue weighted by molar-refractivity contribution is 0.306. The van der Waals surface area contributed by atoms with Crippen LogP contribution in [-0.2, 0) is 6.42 Å². The Kier molecular flexibility index (Phi) is 5.36. The minimum atomic E-state index is 0.0846. The van der Waals surface area contributed by atoms with Gasteiger partial charge in [0.1, 0.15) is 0 Å². The Morgan fingerprint density at radius 1 is 1.00 bits per heavy atom. The maximum absolute atomic E-state index is 9.64. The normalized spacial score (nSPS) is 10.5. The molecule has 1 aromatic heterocycles. The molecule has 0 aliphatic rings. The molecular formula is C19H17ClN2O3. The Morgan fingerprint density at radius 3 is 2.48 bits per heavy atom. The van der Waals surface area contributed by atoms with Crippen LogP contribution in [0, 0.1) is 0 Å². The number of ether oxygens (including phenoxy) is 2. The molecule has 128 valence electrons. The van der Waals surface area contributed by atoms with Gasteiger partial charge in [-0.05, 0) is 42.0 Å². The fourth-order valence-corrected chi connectivity index (χ4v) is 2.44. The minimum Gasteiger partial charge on any atom is -0.504 e. The van der Waals surface area contributed by atoms with Crippen LogP contribution in [-0.4, -0.2) is 29.0 Å². The fourth-order valence-electron chi connectivity index (χ4n) is 2.31. The first kappa shape index (κ1) is 17.0. The van der Waals surface area contributed by atoms with Crippen LogP contribution in [0.3, 0.4) is 0 Å². The summed E-state index contributed by atoms with van der Waals surface area (Å²) in [5.74, 6) is 0.937. The standard InChI is InChI=1S/C19H17ClN2O3/c1-24-18-12-14(4-8-17(18)23)16-7-9-19(22-21-16)25-11-10-13-2-5-15(20)6-3-13/h2-9,12,23H,10-11H2,1H3. The molecule has 6 heteroatoms. The molecule has 5 nitrogen and oxygen atoms in total. The van der Waals surface area contributed by atoms with Gasteiger partial charge < -0.3 is 14.6 Å². The van der Waals surface area contributed by atoms with E-state index in [0.29, 0.717) is 23.9 Å². The lowest BCUT2D eigenvalue weighted by atomic mass is 10.1. The van der Waals surface area contributed by atoms with Crippen LogP contribution in [0.4, 0.5) is 0 Å². The van der Waals surface area contributed by atoms with Gasteiger partial charge in [-0.25, -0.2) is 0 Å². The van der Waals surface area contributed by atoms with E-state index < -0.39 is 0 Å². The Balaban J connectivity index is 1.61. The topological polar surface area (TPSA) is 64.5 Å². The van der Waals surface area contributed by atoms with E-state index in [1.807, 2.05) is 30.3 Å². The zero-order valence-electron chi connectivity index (χ0n) is 13.6. The Hall–Kier alpha value is -2.79. The van der Waals surface area contributed by atoms with E-state index >= 15 is 0 Å². The molecule has 0 saturated heterocycles. The molecule has 2 aromatic carbocycles. The molecule has 0 aliphatic heterocycles. The number of aromatic hydroxyl groups is 1. The lowest BCUT2D eigenvalue weighted by Gasteiger charge is -2.07. The molecule has 3 aromatic rings. The van der Waals surface area contributed by atoms with Gasteiger partial charge in [-0.3, -0.25) is 0 Å². The van der Waals surface area contributed by atoms with Crippen LogP contribution < -0.4 is 9.47 Å². The predicted octanol–water partition coefficient (Wildman–Crippen LogP) is 4.13. The highest BCUT2D eigenvalue weighted by molar-refractivity contribution is 6.30. The van der Waals surface area contributed by atoms with Crippen LogP contribution in [0.1, 0.15) is 5.56 Å². The second-order valence-electron chi connectivity index (χ2n) is 5.37. The number of halogens is 1. The Bertz CT molecular complexity index is 836. The summed E-state index contributed by atoms with van der Waals surface area (Å²) in [6.45, 7) is 0.503. The average molecular weight is 357 g/mol. The molecule has 25 heavy (non-hydrogen) atoms. The minimum absolute atomic E-state index is 0.0846. The van der Waals surface area contributed by atoms with Gasteiger partial charge in [-0.1, -0.05) is 23.7 Å². The van der Waals surface area contributed by atoms with Crippen molar-refractivity contribution in [3.63, 3.8) is 0 Å². The number of hydrogen-bond acceptors (Lipinski definition) is 5. The van der Waals surface area contributed by atoms with Crippen molar-refractivity contribution in [1.29, 1.82) is 0 Å². The maximum Gasteiger partial charge on any atom is 0.233 e. The Morgan fingerprint density at radius 2 is 1.80 bits per heavy atom. The summed E-state index contributed by atoms with van der Waals surface area (Å²) in [5, 5.41) is 18.6. The number of phenols is 1. The van der Waals surface area contributed by atoms with Gasteiger partial charge in [0.15, 0.2) is 11.5 Å². The first-order chi connectivity index (χ1) is 12.2. The number of hydrogen-bond donors (Lipinski definition) is 1. The SMILES string of the molecule is COc1cc(-c2ccc(OCCc3ccc(Cl)cc3)nn2)ccc1O. The van der Waals surface area contributed by atoms with Crippen molar-refractivity contribution in [1.82, 2.24) is 10.2 Å². The second-order valence-corrected chi connectivity index (χ2v) is 5.80. The van der Waals surface area contributed by atoms with Gasteiger partial charge in [0, 0.05) is 23.1 Å². The van der Waals surface area contributed by atoms with E-state index in [1.165, 1.54) is 7.11 Å². The second kappa shape index (κ2) is 7.85. The smallest absolute Gasteiger partial charge is 0.233 e. The maximum atomic E-state index is 9.64. The summed E-state index contributed by atoms with van der Waals surface area (Å²) < 4.78 is 10.7. The molecule has 1 heterocycles. The number of methoxy groups -OCH3 is 1. The van der Waals surface area contributed by atoms with Gasteiger partial charge in [0.25, 0.3) is 0 Å². The zero-order valence-corrected chi connectivity index (χ0v) is 14.4. The molecule has 0 fully saturated rings. The van der Waals surface area contributed by atoms with Gasteiger partial charge in [-0.2, -0.15) is 0 Å². The van der Waals surface area contributed by atoms with Crippen molar-refractivity contribution in [3.8, 4) is 28.6 Å². The number of phenolic OH excluding ortho intramolecular Hbond substituents is 1. The summed E-state index contributed by atoms with van der Waals surface area (Å²) >= 11 is 5.86. The van der Waals surface area contributed by atoms with Crippen molar-refractivity contribution in [3.05, 3.63) is 65.2 Å². The largest absolute Gasteiger partial charge is 0.504 e. The molecule has 1 N–H and O–H groups in total. The van der Waals surface area contributed by atoms with Crippen LogP contribution >= 0.6 is 11.6 Å². The highest BCUT2D eigenvalue weighted by Gasteiger charge is 2.07. The number of aromatic nitrogens is 2. The lowest BCUT2D eigenvalue weighted by Crippen LogP contribution is -2.03. The van der Waals surface area contributed by atoms with Crippen molar-refractivity contribution in [2.45, 2.75) is 6.42 Å². The molecule has 0 aliphatic carbocycles. The van der Waals surface area contributed by atoms with Crippen LogP contribution in [0.5, 0.6) is 17.4 Å². The third-order valence-corrected chi connectivity index (χ3v) is 3.92. The van der Waals surface area contributed by atoms with Gasteiger partial charge in [-0.15, -0.1) is 10.2 Å². The fraction of sp³-hybridized carbons (Fsp3) is 0.158. The molecule has 3 rings (SSSR count). The van der Waals surface area contributed by atoms with E-state index in [2.05, 4.69) is 10.2 Å². The first-order valence-corrected chi connectivity index (χ1v) is 8.12. The summed E-state index contributed by atoms with van der Waals surface area (Å²) in [6, 6.07) is 16.3. The molecule has 0 saturated carbocycles. The number of nitrogens with zero attached hydrogens (tertiary/aromatic N) is 2. The van der Waals surface area contributed by atoms with Crippen LogP contribution in [0.15, 0.2) is 54.6 Å². The third kappa shape index (κ3) is 4.39. The summed E-state index contributed by atoms with van der Waals surface area (Å²) in [6.07, 6.45) is 0.760. The van der Waals surface area contributed by atoms with Crippen molar-refractivity contribution in [2.75, 3.05) is 13.7 Å². The van der Waals surface area contributed by atoms with E-state index in [1.54, 1.807) is 24.3 Å². The molecule has 0 radical (unpaired) electrons. The molecule has 0 unspecified atom stereocenters. The number of rotatable bonds is 6. The number of benzene rings is 2. The molecular weight excluding hydrogens is 340 g/mol. The molecule has 0 spiro atoms. The molecule has 0 bridgehead atoms. The predicted molar refractivity (Wildman–Crippen MR) is 96.3 cm³/mol. The monoisotopic (exact) mass is 356 g/mol. The van der Waals surface area contributed by atoms with Gasteiger partial charge in [0.2, 0.25) is 5.88 Å². The first-order valence-electron chi connectivity index (χ1n) is 7.74. The molecule has 0 atom stereocenters. The zero-order chi connectivity index (χ0) is 17.6. The van der Waals surface area contributed by atoms with Crippen molar-refractivity contribution in [2.24, 2.45) is 0 Å². The van der Waals surface area contributed by atoms with Crippen LogP contribution in [0.25, 0.3) is 11.3 Å². The van der Waals surface area contributed by atoms with E-state index in [-0.39, 0.29) is 5.75 Å².